The largest absolute Gasteiger partial charge is 0.465 e. The minimum Gasteiger partial charge on any atom is -0.465 e. The van der Waals surface area contributed by atoms with Gasteiger partial charge in [0.2, 0.25) is 0 Å². The highest BCUT2D eigenvalue weighted by Crippen LogP contribution is 2.47. The third-order valence-corrected chi connectivity index (χ3v) is 2.37. The second-order valence-corrected chi connectivity index (χ2v) is 3.33. The summed E-state index contributed by atoms with van der Waals surface area (Å²) < 4.78 is 4.92. The summed E-state index contributed by atoms with van der Waals surface area (Å²) in [5.74, 6) is 0.0868. The second kappa shape index (κ2) is 2.97. The van der Waals surface area contributed by atoms with Gasteiger partial charge in [-0.3, -0.25) is 9.78 Å². The van der Waals surface area contributed by atoms with Gasteiger partial charge in [0.1, 0.15) is 11.2 Å². The highest BCUT2D eigenvalue weighted by Gasteiger charge is 2.55. The van der Waals surface area contributed by atoms with E-state index in [0.717, 1.165) is 0 Å². The van der Waals surface area contributed by atoms with Crippen molar-refractivity contribution in [2.45, 2.75) is 25.2 Å². The summed E-state index contributed by atoms with van der Waals surface area (Å²) >= 11 is 0. The molecule has 1 aliphatic carbocycles. The summed E-state index contributed by atoms with van der Waals surface area (Å²) in [5.41, 5.74) is -1.08. The van der Waals surface area contributed by atoms with E-state index in [-0.39, 0.29) is 5.97 Å². The Morgan fingerprint density at radius 3 is 2.79 bits per heavy atom. The summed E-state index contributed by atoms with van der Waals surface area (Å²) in [4.78, 5) is 24.9. The van der Waals surface area contributed by atoms with Crippen LogP contribution in [0.3, 0.4) is 0 Å². The van der Waals surface area contributed by atoms with Crippen molar-refractivity contribution < 1.29 is 9.53 Å². The molecule has 0 atom stereocenters. The molecule has 0 bridgehead atoms. The molecule has 1 aromatic rings. The summed E-state index contributed by atoms with van der Waals surface area (Å²) in [6.07, 6.45) is 1.37. The Balaban J connectivity index is 2.25. The van der Waals surface area contributed by atoms with E-state index >= 15 is 0 Å². The van der Waals surface area contributed by atoms with Gasteiger partial charge in [-0.2, -0.15) is 5.10 Å². The van der Waals surface area contributed by atoms with Crippen LogP contribution in [0.15, 0.2) is 4.79 Å². The van der Waals surface area contributed by atoms with Gasteiger partial charge in [-0.1, -0.05) is 0 Å². The maximum absolute atomic E-state index is 11.5. The molecule has 1 fully saturated rings. The normalized spacial score (nSPS) is 17.8. The van der Waals surface area contributed by atoms with Crippen LogP contribution in [0.5, 0.6) is 0 Å². The van der Waals surface area contributed by atoms with E-state index in [0.29, 0.717) is 25.3 Å². The van der Waals surface area contributed by atoms with Crippen LogP contribution in [-0.4, -0.2) is 27.8 Å². The molecule has 0 aliphatic heterocycles. The van der Waals surface area contributed by atoms with Crippen LogP contribution in [0.25, 0.3) is 0 Å². The second-order valence-electron chi connectivity index (χ2n) is 3.33. The fraction of sp³-hybridized carbons (Fsp3) is 0.625. The smallest absolute Gasteiger partial charge is 0.340 e. The lowest BCUT2D eigenvalue weighted by Gasteiger charge is -2.09. The van der Waals surface area contributed by atoms with E-state index in [9.17, 15) is 9.59 Å². The molecule has 1 aromatic heterocycles. The zero-order valence-electron chi connectivity index (χ0n) is 7.79. The molecule has 6 heteroatoms. The number of hydrogen-bond donors (Lipinski definition) is 2. The van der Waals surface area contributed by atoms with Crippen LogP contribution in [0.1, 0.15) is 25.6 Å². The number of rotatable bonds is 3. The maximum Gasteiger partial charge on any atom is 0.340 e. The number of carbonyl (C=O) groups is 1. The standard InChI is InChI=1S/C8H11N3O3/c1-2-14-6(12)8(3-4-8)5-9-7(13)11-10-5/h2-4H2,1H3,(H2,9,10,11,13). The van der Waals surface area contributed by atoms with Crippen molar-refractivity contribution in [2.75, 3.05) is 6.61 Å². The number of ether oxygens (including phenoxy) is 1. The molecule has 0 amide bonds. The van der Waals surface area contributed by atoms with Crippen molar-refractivity contribution in [1.29, 1.82) is 0 Å². The number of carbonyl (C=O) groups excluding carboxylic acids is 1. The van der Waals surface area contributed by atoms with Gasteiger partial charge >= 0.3 is 11.7 Å². The third-order valence-electron chi connectivity index (χ3n) is 2.37. The topological polar surface area (TPSA) is 87.8 Å². The maximum atomic E-state index is 11.5. The van der Waals surface area contributed by atoms with Crippen molar-refractivity contribution in [1.82, 2.24) is 15.2 Å². The zero-order valence-corrected chi connectivity index (χ0v) is 7.79. The van der Waals surface area contributed by atoms with Crippen molar-refractivity contribution in [2.24, 2.45) is 0 Å². The fourth-order valence-corrected chi connectivity index (χ4v) is 1.43. The minimum atomic E-state index is -0.685. The number of aromatic amines is 2. The van der Waals surface area contributed by atoms with Crippen molar-refractivity contribution in [3.05, 3.63) is 16.3 Å². The number of esters is 1. The van der Waals surface area contributed by atoms with Crippen LogP contribution in [0.2, 0.25) is 0 Å². The number of hydrogen-bond acceptors (Lipinski definition) is 4. The quantitative estimate of drug-likeness (QED) is 0.651. The Morgan fingerprint density at radius 2 is 2.36 bits per heavy atom. The van der Waals surface area contributed by atoms with Gasteiger partial charge in [0.25, 0.3) is 0 Å². The Hall–Kier alpha value is -1.59. The first-order valence-electron chi connectivity index (χ1n) is 4.51. The molecular weight excluding hydrogens is 186 g/mol. The van der Waals surface area contributed by atoms with E-state index in [4.69, 9.17) is 4.74 Å². The summed E-state index contributed by atoms with van der Waals surface area (Å²) in [5, 5.41) is 6.00. The number of H-pyrrole nitrogens is 2. The number of nitrogens with zero attached hydrogens (tertiary/aromatic N) is 1. The summed E-state index contributed by atoms with van der Waals surface area (Å²) in [6, 6.07) is 0. The number of nitrogens with one attached hydrogen (secondary N) is 2. The molecule has 6 nitrogen and oxygen atoms in total. The van der Waals surface area contributed by atoms with Crippen LogP contribution in [-0.2, 0) is 14.9 Å². The molecule has 76 valence electrons. The molecule has 0 saturated heterocycles. The lowest BCUT2D eigenvalue weighted by Crippen LogP contribution is -2.25. The fourth-order valence-electron chi connectivity index (χ4n) is 1.43. The van der Waals surface area contributed by atoms with Crippen LogP contribution in [0.4, 0.5) is 0 Å². The predicted octanol–water partition coefficient (Wildman–Crippen LogP) is -0.307. The first-order valence-corrected chi connectivity index (χ1v) is 4.51. The van der Waals surface area contributed by atoms with Gasteiger partial charge in [0.05, 0.1) is 6.61 Å². The monoisotopic (exact) mass is 197 g/mol. The average molecular weight is 197 g/mol. The van der Waals surface area contributed by atoms with Crippen molar-refractivity contribution in [3.63, 3.8) is 0 Å². The minimum absolute atomic E-state index is 0.303. The summed E-state index contributed by atoms with van der Waals surface area (Å²) in [6.45, 7) is 2.09. The molecule has 2 N–H and O–H groups in total. The van der Waals surface area contributed by atoms with Gasteiger partial charge in [-0.05, 0) is 19.8 Å². The lowest BCUT2D eigenvalue weighted by molar-refractivity contribution is -0.146. The number of aromatic nitrogens is 3. The molecule has 1 aliphatic rings. The van der Waals surface area contributed by atoms with Gasteiger partial charge in [-0.25, -0.2) is 9.89 Å². The molecule has 1 saturated carbocycles. The Bertz CT molecular complexity index is 402. The van der Waals surface area contributed by atoms with Crippen molar-refractivity contribution >= 4 is 5.97 Å². The molecule has 0 aromatic carbocycles. The average Bonchev–Trinajstić information content (AvgIpc) is 2.85. The highest BCUT2D eigenvalue weighted by atomic mass is 16.5. The van der Waals surface area contributed by atoms with Gasteiger partial charge in [0.15, 0.2) is 0 Å². The molecule has 1 heterocycles. The van der Waals surface area contributed by atoms with Gasteiger partial charge in [-0.15, -0.1) is 0 Å². The third kappa shape index (κ3) is 1.23. The Kier molecular flexibility index (Phi) is 1.90. The van der Waals surface area contributed by atoms with E-state index in [1.807, 2.05) is 0 Å². The molecule has 2 rings (SSSR count). The Labute approximate surface area is 79.7 Å². The van der Waals surface area contributed by atoms with E-state index < -0.39 is 11.1 Å². The molecule has 0 unspecified atom stereocenters. The molecular formula is C8H11N3O3. The molecule has 0 radical (unpaired) electrons. The van der Waals surface area contributed by atoms with Crippen molar-refractivity contribution in [3.8, 4) is 0 Å². The van der Waals surface area contributed by atoms with Crippen LogP contribution >= 0.6 is 0 Å². The first kappa shape index (κ1) is 8.98. The first-order chi connectivity index (χ1) is 6.69. The Morgan fingerprint density at radius 1 is 1.64 bits per heavy atom. The van der Waals surface area contributed by atoms with E-state index in [1.165, 1.54) is 0 Å². The van der Waals surface area contributed by atoms with Crippen LogP contribution in [0, 0.1) is 0 Å². The molecule has 0 spiro atoms. The highest BCUT2D eigenvalue weighted by molar-refractivity contribution is 5.85. The lowest BCUT2D eigenvalue weighted by atomic mass is 10.1. The van der Waals surface area contributed by atoms with E-state index in [1.54, 1.807) is 6.92 Å². The van der Waals surface area contributed by atoms with E-state index in [2.05, 4.69) is 15.2 Å². The zero-order chi connectivity index (χ0) is 10.2. The summed E-state index contributed by atoms with van der Waals surface area (Å²) in [7, 11) is 0. The predicted molar refractivity (Wildman–Crippen MR) is 46.8 cm³/mol. The SMILES string of the molecule is CCOC(=O)C1(c2n[nH]c(=O)[nH]2)CC1. The molecule has 14 heavy (non-hydrogen) atoms. The van der Waals surface area contributed by atoms with Gasteiger partial charge in [0, 0.05) is 0 Å². The van der Waals surface area contributed by atoms with Gasteiger partial charge < -0.3 is 4.74 Å². The van der Waals surface area contributed by atoms with Crippen LogP contribution < -0.4 is 5.69 Å².